The maximum Gasteiger partial charge on any atom is 0.416 e. The summed E-state index contributed by atoms with van der Waals surface area (Å²) in [6.07, 6.45) is -3.52. The van der Waals surface area contributed by atoms with Crippen molar-refractivity contribution in [2.24, 2.45) is 5.73 Å². The van der Waals surface area contributed by atoms with Crippen molar-refractivity contribution in [2.75, 3.05) is 5.32 Å². The van der Waals surface area contributed by atoms with Crippen LogP contribution in [0.5, 0.6) is 0 Å². The van der Waals surface area contributed by atoms with Crippen molar-refractivity contribution in [3.63, 3.8) is 0 Å². The smallest absolute Gasteiger partial charge is 0.380 e. The molecule has 0 aliphatic carbocycles. The number of hydrogen-bond donors (Lipinski definition) is 2. The number of nitrogens with one attached hydrogen (secondary N) is 1. The molecule has 9 heteroatoms. The number of carbonyl (C=O) groups excluding carboxylic acids is 1. The first kappa shape index (κ1) is 17.0. The number of primary amides is 1. The monoisotopic (exact) mass is 347 g/mol. The second-order valence-electron chi connectivity index (χ2n) is 4.62. The quantitative estimate of drug-likeness (QED) is 0.656. The van der Waals surface area contributed by atoms with Gasteiger partial charge in [0.1, 0.15) is 11.0 Å². The zero-order valence-electron chi connectivity index (χ0n) is 11.4. The van der Waals surface area contributed by atoms with Crippen LogP contribution in [0.25, 0.3) is 0 Å². The number of amides is 1. The van der Waals surface area contributed by atoms with E-state index in [0.29, 0.717) is 6.07 Å². The number of halogens is 5. The molecule has 0 radical (unpaired) electrons. The van der Waals surface area contributed by atoms with Gasteiger partial charge in [-0.05, 0) is 29.8 Å². The summed E-state index contributed by atoms with van der Waals surface area (Å²) in [5.74, 6) is -1.80. The topological polar surface area (TPSA) is 68.0 Å². The SMILES string of the molecule is NC(=O)c1cnc(Cl)cc1NCc1cc(F)cc(C(F)(F)F)c1. The van der Waals surface area contributed by atoms with Crippen molar-refractivity contribution in [3.8, 4) is 0 Å². The summed E-state index contributed by atoms with van der Waals surface area (Å²) in [6.45, 7) is -0.165. The van der Waals surface area contributed by atoms with Crippen molar-refractivity contribution in [1.29, 1.82) is 0 Å². The van der Waals surface area contributed by atoms with Crippen LogP contribution >= 0.6 is 11.6 Å². The number of rotatable bonds is 4. The molecule has 2 rings (SSSR count). The van der Waals surface area contributed by atoms with Gasteiger partial charge < -0.3 is 11.1 Å². The van der Waals surface area contributed by atoms with Crippen LogP contribution in [0, 0.1) is 5.82 Å². The zero-order valence-corrected chi connectivity index (χ0v) is 12.2. The van der Waals surface area contributed by atoms with Crippen LogP contribution in [-0.4, -0.2) is 10.9 Å². The molecule has 0 unspecified atom stereocenters. The summed E-state index contributed by atoms with van der Waals surface area (Å²) < 4.78 is 51.3. The summed E-state index contributed by atoms with van der Waals surface area (Å²) in [5.41, 5.74) is 4.32. The van der Waals surface area contributed by atoms with Gasteiger partial charge in [0.15, 0.2) is 0 Å². The molecule has 3 N–H and O–H groups in total. The number of aromatic nitrogens is 1. The van der Waals surface area contributed by atoms with Gasteiger partial charge in [-0.2, -0.15) is 13.2 Å². The Labute approximate surface area is 133 Å². The second kappa shape index (κ2) is 6.41. The Bertz CT molecular complexity index is 749. The first-order valence-electron chi connectivity index (χ1n) is 6.22. The predicted molar refractivity (Wildman–Crippen MR) is 76.5 cm³/mol. The Kier molecular flexibility index (Phi) is 4.74. The highest BCUT2D eigenvalue weighted by molar-refractivity contribution is 6.29. The number of nitrogens with two attached hydrogens (primary N) is 1. The minimum atomic E-state index is -4.66. The van der Waals surface area contributed by atoms with Crippen LogP contribution in [0.4, 0.5) is 23.2 Å². The molecular weight excluding hydrogens is 338 g/mol. The van der Waals surface area contributed by atoms with Crippen molar-refractivity contribution < 1.29 is 22.4 Å². The Morgan fingerprint density at radius 1 is 1.26 bits per heavy atom. The largest absolute Gasteiger partial charge is 0.416 e. The van der Waals surface area contributed by atoms with Crippen molar-refractivity contribution in [2.45, 2.75) is 12.7 Å². The Balaban J connectivity index is 2.27. The molecule has 1 amide bonds. The van der Waals surface area contributed by atoms with Gasteiger partial charge in [-0.1, -0.05) is 11.6 Å². The molecule has 2 aromatic rings. The highest BCUT2D eigenvalue weighted by Crippen LogP contribution is 2.30. The van der Waals surface area contributed by atoms with Gasteiger partial charge in [0.25, 0.3) is 5.91 Å². The Morgan fingerprint density at radius 2 is 1.96 bits per heavy atom. The molecular formula is C14H10ClF4N3O. The van der Waals surface area contributed by atoms with E-state index < -0.39 is 23.5 Å². The molecule has 0 fully saturated rings. The van der Waals surface area contributed by atoms with Crippen LogP contribution in [-0.2, 0) is 12.7 Å². The molecule has 0 saturated carbocycles. The normalized spacial score (nSPS) is 11.3. The lowest BCUT2D eigenvalue weighted by atomic mass is 10.1. The summed E-state index contributed by atoms with van der Waals surface area (Å²) in [4.78, 5) is 15.0. The van der Waals surface area contributed by atoms with Crippen molar-refractivity contribution in [1.82, 2.24) is 4.98 Å². The second-order valence-corrected chi connectivity index (χ2v) is 5.00. The summed E-state index contributed by atoms with van der Waals surface area (Å²) >= 11 is 5.70. The van der Waals surface area contributed by atoms with Crippen LogP contribution in [0.2, 0.25) is 5.15 Å². The van der Waals surface area contributed by atoms with Gasteiger partial charge in [-0.25, -0.2) is 9.37 Å². The minimum Gasteiger partial charge on any atom is -0.380 e. The molecule has 0 aliphatic heterocycles. The molecule has 1 aromatic carbocycles. The fourth-order valence-corrected chi connectivity index (χ4v) is 2.04. The number of hydrogen-bond acceptors (Lipinski definition) is 3. The first-order chi connectivity index (χ1) is 10.7. The third-order valence-corrected chi connectivity index (χ3v) is 3.11. The van der Waals surface area contributed by atoms with Crippen LogP contribution in [0.15, 0.2) is 30.5 Å². The summed E-state index contributed by atoms with van der Waals surface area (Å²) in [6, 6.07) is 3.46. The lowest BCUT2D eigenvalue weighted by Crippen LogP contribution is -2.15. The van der Waals surface area contributed by atoms with Crippen LogP contribution in [0.3, 0.4) is 0 Å². The van der Waals surface area contributed by atoms with Crippen LogP contribution in [0.1, 0.15) is 21.5 Å². The Morgan fingerprint density at radius 3 is 2.57 bits per heavy atom. The third kappa shape index (κ3) is 4.32. The van der Waals surface area contributed by atoms with E-state index in [1.807, 2.05) is 0 Å². The molecule has 1 aromatic heterocycles. The van der Waals surface area contributed by atoms with Gasteiger partial charge >= 0.3 is 6.18 Å². The minimum absolute atomic E-state index is 0.0156. The first-order valence-corrected chi connectivity index (χ1v) is 6.60. The number of pyridine rings is 1. The number of nitrogens with zero attached hydrogens (tertiary/aromatic N) is 1. The molecule has 0 aliphatic rings. The predicted octanol–water partition coefficient (Wildman–Crippen LogP) is 3.60. The highest BCUT2D eigenvalue weighted by atomic mass is 35.5. The fourth-order valence-electron chi connectivity index (χ4n) is 1.89. The number of anilines is 1. The van der Waals surface area contributed by atoms with Gasteiger partial charge in [0.2, 0.25) is 0 Å². The van der Waals surface area contributed by atoms with E-state index in [1.54, 1.807) is 0 Å². The molecule has 0 atom stereocenters. The maximum absolute atomic E-state index is 13.3. The molecule has 4 nitrogen and oxygen atoms in total. The Hall–Kier alpha value is -2.35. The average molecular weight is 348 g/mol. The van der Waals surface area contributed by atoms with Crippen molar-refractivity contribution in [3.05, 3.63) is 58.1 Å². The van der Waals surface area contributed by atoms with E-state index in [0.717, 1.165) is 18.3 Å². The van der Waals surface area contributed by atoms with E-state index >= 15 is 0 Å². The van der Waals surface area contributed by atoms with E-state index in [9.17, 15) is 22.4 Å². The molecule has 122 valence electrons. The molecule has 0 bridgehead atoms. The van der Waals surface area contributed by atoms with Crippen molar-refractivity contribution >= 4 is 23.2 Å². The zero-order chi connectivity index (χ0) is 17.2. The molecule has 23 heavy (non-hydrogen) atoms. The van der Waals surface area contributed by atoms with E-state index in [1.165, 1.54) is 6.07 Å². The van der Waals surface area contributed by atoms with E-state index in [-0.39, 0.29) is 28.5 Å². The summed E-state index contributed by atoms with van der Waals surface area (Å²) in [7, 11) is 0. The molecule has 0 saturated heterocycles. The van der Waals surface area contributed by atoms with Gasteiger partial charge in [-0.3, -0.25) is 4.79 Å². The number of alkyl halides is 3. The lowest BCUT2D eigenvalue weighted by molar-refractivity contribution is -0.137. The number of benzene rings is 1. The van der Waals surface area contributed by atoms with E-state index in [2.05, 4.69) is 10.3 Å². The number of carbonyl (C=O) groups is 1. The highest BCUT2D eigenvalue weighted by Gasteiger charge is 2.31. The average Bonchev–Trinajstić information content (AvgIpc) is 2.43. The van der Waals surface area contributed by atoms with Gasteiger partial charge in [0.05, 0.1) is 16.8 Å². The molecule has 0 spiro atoms. The summed E-state index contributed by atoms with van der Waals surface area (Å²) in [5, 5.41) is 2.76. The third-order valence-electron chi connectivity index (χ3n) is 2.90. The standard InChI is InChI=1S/C14H10ClF4N3O/c15-12-4-11(10(6-22-12)13(20)23)21-5-7-1-8(14(17,18)19)3-9(16)2-7/h1-4,6H,5H2,(H2,20,23)(H,21,22). The maximum atomic E-state index is 13.3. The van der Waals surface area contributed by atoms with E-state index in [4.69, 9.17) is 17.3 Å². The van der Waals surface area contributed by atoms with Gasteiger partial charge in [0, 0.05) is 12.7 Å². The molecule has 1 heterocycles. The fraction of sp³-hybridized carbons (Fsp3) is 0.143. The van der Waals surface area contributed by atoms with Crippen LogP contribution < -0.4 is 11.1 Å². The van der Waals surface area contributed by atoms with Gasteiger partial charge in [-0.15, -0.1) is 0 Å². The lowest BCUT2D eigenvalue weighted by Gasteiger charge is -2.12.